The first-order valence-corrected chi connectivity index (χ1v) is 10.1. The van der Waals surface area contributed by atoms with Gasteiger partial charge in [-0.1, -0.05) is 18.2 Å². The minimum Gasteiger partial charge on any atom is -0.444 e. The van der Waals surface area contributed by atoms with Gasteiger partial charge in [-0.05, 0) is 25.5 Å². The Labute approximate surface area is 177 Å². The summed E-state index contributed by atoms with van der Waals surface area (Å²) in [6.45, 7) is 3.07. The summed E-state index contributed by atoms with van der Waals surface area (Å²) in [5.74, 6) is 1.29. The normalized spacial score (nSPS) is 11.7. The largest absolute Gasteiger partial charge is 0.444 e. The maximum atomic E-state index is 11.3. The zero-order valence-electron chi connectivity index (χ0n) is 15.4. The highest BCUT2D eigenvalue weighted by atomic mass is 127. The summed E-state index contributed by atoms with van der Waals surface area (Å²) >= 11 is 0. The van der Waals surface area contributed by atoms with Crippen molar-refractivity contribution in [2.45, 2.75) is 19.9 Å². The molecule has 0 amide bonds. The maximum Gasteiger partial charge on any atom is 0.226 e. The van der Waals surface area contributed by atoms with Gasteiger partial charge < -0.3 is 15.1 Å². The number of nitrogens with zero attached hydrogens (tertiary/aromatic N) is 2. The van der Waals surface area contributed by atoms with Gasteiger partial charge in [-0.15, -0.1) is 24.0 Å². The van der Waals surface area contributed by atoms with Crippen molar-refractivity contribution in [3.8, 4) is 11.5 Å². The number of rotatable bonds is 9. The Bertz CT molecular complexity index is 809. The Kier molecular flexibility index (Phi) is 10.3. The lowest BCUT2D eigenvalue weighted by molar-refractivity contribution is 0.572. The van der Waals surface area contributed by atoms with Gasteiger partial charge in [-0.3, -0.25) is 4.99 Å². The number of hydrogen-bond acceptors (Lipinski definition) is 5. The van der Waals surface area contributed by atoms with Gasteiger partial charge in [0.2, 0.25) is 15.9 Å². The summed E-state index contributed by atoms with van der Waals surface area (Å²) in [5, 5.41) is 6.27. The second-order valence-electron chi connectivity index (χ2n) is 5.51. The average molecular weight is 507 g/mol. The van der Waals surface area contributed by atoms with Gasteiger partial charge >= 0.3 is 0 Å². The predicted molar refractivity (Wildman–Crippen MR) is 118 cm³/mol. The molecule has 0 saturated carbocycles. The van der Waals surface area contributed by atoms with Gasteiger partial charge in [0.15, 0.2) is 5.96 Å². The van der Waals surface area contributed by atoms with Crippen LogP contribution in [-0.4, -0.2) is 45.3 Å². The number of aromatic nitrogens is 1. The van der Waals surface area contributed by atoms with Crippen molar-refractivity contribution in [2.24, 2.45) is 4.99 Å². The predicted octanol–water partition coefficient (Wildman–Crippen LogP) is 1.95. The lowest BCUT2D eigenvalue weighted by atomic mass is 10.2. The molecule has 2 aromatic rings. The van der Waals surface area contributed by atoms with Crippen LogP contribution < -0.4 is 15.4 Å². The van der Waals surface area contributed by atoms with Crippen LogP contribution >= 0.6 is 24.0 Å². The Morgan fingerprint density at radius 1 is 1.19 bits per heavy atom. The topological polar surface area (TPSA) is 109 Å². The van der Waals surface area contributed by atoms with E-state index in [0.717, 1.165) is 11.3 Å². The van der Waals surface area contributed by atoms with E-state index in [9.17, 15) is 8.42 Å². The minimum absolute atomic E-state index is 0. The second kappa shape index (κ2) is 11.9. The Morgan fingerprint density at radius 3 is 2.59 bits per heavy atom. The molecule has 2 rings (SSSR count). The van der Waals surface area contributed by atoms with Crippen LogP contribution in [0.2, 0.25) is 0 Å². The third-order valence-corrected chi connectivity index (χ3v) is 4.99. The van der Waals surface area contributed by atoms with Crippen molar-refractivity contribution in [1.82, 2.24) is 20.3 Å². The number of oxazole rings is 1. The zero-order chi connectivity index (χ0) is 18.8. The van der Waals surface area contributed by atoms with Crippen LogP contribution in [0.3, 0.4) is 0 Å². The maximum absolute atomic E-state index is 11.3. The van der Waals surface area contributed by atoms with Crippen LogP contribution in [0.25, 0.3) is 11.5 Å². The van der Waals surface area contributed by atoms with Gasteiger partial charge in [0, 0.05) is 25.7 Å². The lowest BCUT2D eigenvalue weighted by Gasteiger charge is -2.11. The van der Waals surface area contributed by atoms with Crippen LogP contribution in [0.4, 0.5) is 0 Å². The molecule has 0 spiro atoms. The van der Waals surface area contributed by atoms with E-state index in [1.807, 2.05) is 30.3 Å². The van der Waals surface area contributed by atoms with Crippen molar-refractivity contribution in [2.75, 3.05) is 25.9 Å². The molecule has 0 bridgehead atoms. The first kappa shape index (κ1) is 23.4. The van der Waals surface area contributed by atoms with Crippen molar-refractivity contribution < 1.29 is 12.8 Å². The SMILES string of the molecule is CCS(=O)(=O)NCCCNC(=NC)NCc1coc(-c2ccccc2)n1.I. The molecule has 10 heteroatoms. The molecule has 0 saturated heterocycles. The summed E-state index contributed by atoms with van der Waals surface area (Å²) in [5.41, 5.74) is 1.69. The second-order valence-corrected chi connectivity index (χ2v) is 7.61. The highest BCUT2D eigenvalue weighted by Crippen LogP contribution is 2.17. The number of halogens is 1. The van der Waals surface area contributed by atoms with Crippen LogP contribution in [0, 0.1) is 0 Å². The van der Waals surface area contributed by atoms with E-state index in [4.69, 9.17) is 4.42 Å². The van der Waals surface area contributed by atoms with Gasteiger partial charge in [-0.2, -0.15) is 0 Å². The first-order valence-electron chi connectivity index (χ1n) is 8.45. The Morgan fingerprint density at radius 2 is 1.93 bits per heavy atom. The molecule has 0 aliphatic heterocycles. The minimum atomic E-state index is -3.13. The van der Waals surface area contributed by atoms with Crippen LogP contribution in [0.5, 0.6) is 0 Å². The highest BCUT2D eigenvalue weighted by molar-refractivity contribution is 14.0. The molecule has 3 N–H and O–H groups in total. The van der Waals surface area contributed by atoms with E-state index < -0.39 is 10.0 Å². The summed E-state index contributed by atoms with van der Waals surface area (Å²) in [4.78, 5) is 8.57. The summed E-state index contributed by atoms with van der Waals surface area (Å²) < 4.78 is 30.7. The zero-order valence-corrected chi connectivity index (χ0v) is 18.6. The van der Waals surface area contributed by atoms with E-state index >= 15 is 0 Å². The third kappa shape index (κ3) is 8.26. The Hall–Kier alpha value is -1.66. The Balaban J connectivity index is 0.00000364. The molecule has 1 aromatic heterocycles. The smallest absolute Gasteiger partial charge is 0.226 e. The fraction of sp³-hybridized carbons (Fsp3) is 0.412. The van der Waals surface area contributed by atoms with E-state index in [1.54, 1.807) is 20.2 Å². The van der Waals surface area contributed by atoms with Crippen LogP contribution in [-0.2, 0) is 16.6 Å². The van der Waals surface area contributed by atoms with Gasteiger partial charge in [0.05, 0.1) is 18.0 Å². The standard InChI is InChI=1S/C17H25N5O3S.HI/c1-3-26(23,24)21-11-7-10-19-17(18-2)20-12-15-13-25-16(22-15)14-8-5-4-6-9-14;/h4-6,8-9,13,21H,3,7,10-12H2,1-2H3,(H2,18,19,20);1H. The van der Waals surface area contributed by atoms with Gasteiger partial charge in [0.25, 0.3) is 0 Å². The molecule has 27 heavy (non-hydrogen) atoms. The van der Waals surface area contributed by atoms with Crippen molar-refractivity contribution in [3.05, 3.63) is 42.3 Å². The molecular formula is C17H26IN5O3S. The molecule has 1 aromatic carbocycles. The van der Waals surface area contributed by atoms with Crippen molar-refractivity contribution in [1.29, 1.82) is 0 Å². The number of guanidine groups is 1. The van der Waals surface area contributed by atoms with Gasteiger partial charge in [-0.25, -0.2) is 18.1 Å². The fourth-order valence-electron chi connectivity index (χ4n) is 2.12. The number of aliphatic imine (C=N–C) groups is 1. The molecule has 1 heterocycles. The molecule has 8 nitrogen and oxygen atoms in total. The van der Waals surface area contributed by atoms with E-state index in [1.165, 1.54) is 0 Å². The summed E-state index contributed by atoms with van der Waals surface area (Å²) in [7, 11) is -1.46. The number of sulfonamides is 1. The molecule has 0 radical (unpaired) electrons. The third-order valence-electron chi connectivity index (χ3n) is 3.58. The van der Waals surface area contributed by atoms with Crippen molar-refractivity contribution >= 4 is 40.0 Å². The van der Waals surface area contributed by atoms with Crippen molar-refractivity contribution in [3.63, 3.8) is 0 Å². The summed E-state index contributed by atoms with van der Waals surface area (Å²) in [6.07, 6.45) is 2.27. The highest BCUT2D eigenvalue weighted by Gasteiger charge is 2.07. The fourth-order valence-corrected chi connectivity index (χ4v) is 2.78. The molecule has 0 aliphatic carbocycles. The lowest BCUT2D eigenvalue weighted by Crippen LogP contribution is -2.38. The molecule has 0 atom stereocenters. The van der Waals surface area contributed by atoms with E-state index in [-0.39, 0.29) is 29.7 Å². The molecule has 0 unspecified atom stereocenters. The quantitative estimate of drug-likeness (QED) is 0.207. The molecule has 150 valence electrons. The molecular weight excluding hydrogens is 481 g/mol. The summed E-state index contributed by atoms with van der Waals surface area (Å²) in [6, 6.07) is 9.69. The van der Waals surface area contributed by atoms with Crippen LogP contribution in [0.15, 0.2) is 46.0 Å². The van der Waals surface area contributed by atoms with Gasteiger partial charge in [0.1, 0.15) is 6.26 Å². The molecule has 0 fully saturated rings. The first-order chi connectivity index (χ1) is 12.5. The van der Waals surface area contributed by atoms with Crippen LogP contribution in [0.1, 0.15) is 19.0 Å². The van der Waals surface area contributed by atoms with E-state index in [2.05, 4.69) is 25.3 Å². The number of nitrogens with one attached hydrogen (secondary N) is 3. The number of benzene rings is 1. The monoisotopic (exact) mass is 507 g/mol. The van der Waals surface area contributed by atoms with E-state index in [0.29, 0.717) is 37.9 Å². The average Bonchev–Trinajstić information content (AvgIpc) is 3.13. The molecule has 0 aliphatic rings. The number of hydrogen-bond donors (Lipinski definition) is 3.